The van der Waals surface area contributed by atoms with E-state index in [1.165, 1.54) is 22.5 Å². The SMILES string of the molecule is CCN(c1ccc(OCc2ccc(Cl)cc2)cc1)S(=O)(=O)c1ccc(C)c(C(=O)O)c1. The van der Waals surface area contributed by atoms with Crippen LogP contribution < -0.4 is 9.04 Å². The van der Waals surface area contributed by atoms with Crippen LogP contribution in [-0.4, -0.2) is 26.0 Å². The molecule has 3 aromatic carbocycles. The summed E-state index contributed by atoms with van der Waals surface area (Å²) in [5.74, 6) is -0.574. The number of ether oxygens (including phenoxy) is 1. The van der Waals surface area contributed by atoms with Gasteiger partial charge in [0.15, 0.2) is 0 Å². The lowest BCUT2D eigenvalue weighted by Crippen LogP contribution is -2.31. The fourth-order valence-corrected chi connectivity index (χ4v) is 4.69. The van der Waals surface area contributed by atoms with E-state index < -0.39 is 16.0 Å². The highest BCUT2D eigenvalue weighted by molar-refractivity contribution is 7.92. The number of carbonyl (C=O) groups is 1. The summed E-state index contributed by atoms with van der Waals surface area (Å²) in [6.07, 6.45) is 0. The summed E-state index contributed by atoms with van der Waals surface area (Å²) in [5.41, 5.74) is 1.87. The molecule has 0 heterocycles. The molecule has 1 N–H and O–H groups in total. The molecule has 0 bridgehead atoms. The lowest BCUT2D eigenvalue weighted by Gasteiger charge is -2.23. The zero-order valence-corrected chi connectivity index (χ0v) is 18.7. The second-order valence-corrected chi connectivity index (χ2v) is 9.16. The Hall–Kier alpha value is -3.03. The maximum atomic E-state index is 13.2. The zero-order chi connectivity index (χ0) is 22.6. The number of hydrogen-bond donors (Lipinski definition) is 1. The lowest BCUT2D eigenvalue weighted by atomic mass is 10.1. The third-order valence-electron chi connectivity index (χ3n) is 4.76. The molecule has 0 saturated carbocycles. The van der Waals surface area contributed by atoms with E-state index >= 15 is 0 Å². The van der Waals surface area contributed by atoms with Crippen molar-refractivity contribution in [2.75, 3.05) is 10.8 Å². The summed E-state index contributed by atoms with van der Waals surface area (Å²) in [6.45, 7) is 3.88. The minimum Gasteiger partial charge on any atom is -0.489 e. The van der Waals surface area contributed by atoms with Crippen molar-refractivity contribution in [3.63, 3.8) is 0 Å². The van der Waals surface area contributed by atoms with Crippen LogP contribution in [0.2, 0.25) is 5.02 Å². The van der Waals surface area contributed by atoms with Crippen LogP contribution in [0, 0.1) is 6.92 Å². The molecule has 6 nitrogen and oxygen atoms in total. The Balaban J connectivity index is 1.80. The zero-order valence-electron chi connectivity index (χ0n) is 17.1. The summed E-state index contributed by atoms with van der Waals surface area (Å²) in [4.78, 5) is 11.3. The van der Waals surface area contributed by atoms with Crippen LogP contribution in [0.4, 0.5) is 5.69 Å². The Morgan fingerprint density at radius 2 is 1.68 bits per heavy atom. The highest BCUT2D eigenvalue weighted by Gasteiger charge is 2.25. The molecule has 0 aromatic heterocycles. The van der Waals surface area contributed by atoms with Crippen LogP contribution in [0.5, 0.6) is 5.75 Å². The van der Waals surface area contributed by atoms with E-state index in [0.29, 0.717) is 28.6 Å². The maximum Gasteiger partial charge on any atom is 0.335 e. The molecule has 3 rings (SSSR count). The first kappa shape index (κ1) is 22.7. The standard InChI is InChI=1S/C23H22ClNO5S/c1-3-25(31(28,29)21-13-4-16(2)22(14-21)23(26)27)19-9-11-20(12-10-19)30-15-17-5-7-18(24)8-6-17/h4-14H,3,15H2,1-2H3,(H,26,27). The van der Waals surface area contributed by atoms with Gasteiger partial charge in [0, 0.05) is 11.6 Å². The first-order valence-corrected chi connectivity index (χ1v) is 11.4. The van der Waals surface area contributed by atoms with Crippen molar-refractivity contribution in [1.29, 1.82) is 0 Å². The predicted octanol–water partition coefficient (Wildman–Crippen LogP) is 5.14. The molecule has 0 fully saturated rings. The number of aromatic carboxylic acids is 1. The van der Waals surface area contributed by atoms with Gasteiger partial charge in [-0.2, -0.15) is 0 Å². The van der Waals surface area contributed by atoms with E-state index in [2.05, 4.69) is 0 Å². The summed E-state index contributed by atoms with van der Waals surface area (Å²) < 4.78 is 33.3. The molecule has 31 heavy (non-hydrogen) atoms. The molecular formula is C23H22ClNO5S. The van der Waals surface area contributed by atoms with Crippen molar-refractivity contribution in [2.24, 2.45) is 0 Å². The minimum atomic E-state index is -3.93. The topological polar surface area (TPSA) is 83.9 Å². The van der Waals surface area contributed by atoms with Crippen molar-refractivity contribution >= 4 is 33.3 Å². The second-order valence-electron chi connectivity index (χ2n) is 6.86. The van der Waals surface area contributed by atoms with E-state index in [-0.39, 0.29) is 17.0 Å². The van der Waals surface area contributed by atoms with Crippen LogP contribution in [0.1, 0.15) is 28.4 Å². The fraction of sp³-hybridized carbons (Fsp3) is 0.174. The predicted molar refractivity (Wildman–Crippen MR) is 121 cm³/mol. The van der Waals surface area contributed by atoms with E-state index in [1.807, 2.05) is 12.1 Å². The molecule has 0 aliphatic heterocycles. The van der Waals surface area contributed by atoms with Gasteiger partial charge in [0.25, 0.3) is 10.0 Å². The van der Waals surface area contributed by atoms with Gasteiger partial charge in [0.2, 0.25) is 0 Å². The van der Waals surface area contributed by atoms with Crippen LogP contribution in [0.3, 0.4) is 0 Å². The molecule has 0 radical (unpaired) electrons. The fourth-order valence-electron chi connectivity index (χ4n) is 3.07. The third-order valence-corrected chi connectivity index (χ3v) is 6.91. The largest absolute Gasteiger partial charge is 0.489 e. The Bertz CT molecular complexity index is 1180. The van der Waals surface area contributed by atoms with E-state index in [1.54, 1.807) is 50.2 Å². The number of sulfonamides is 1. The monoisotopic (exact) mass is 459 g/mol. The number of hydrogen-bond acceptors (Lipinski definition) is 4. The summed E-state index contributed by atoms with van der Waals surface area (Å²) in [7, 11) is -3.93. The maximum absolute atomic E-state index is 13.2. The first-order valence-electron chi connectivity index (χ1n) is 9.56. The smallest absolute Gasteiger partial charge is 0.335 e. The molecule has 0 unspecified atom stereocenters. The van der Waals surface area contributed by atoms with Gasteiger partial charge in [-0.05, 0) is 73.5 Å². The van der Waals surface area contributed by atoms with Gasteiger partial charge in [-0.25, -0.2) is 13.2 Å². The van der Waals surface area contributed by atoms with Crippen LogP contribution in [0.25, 0.3) is 0 Å². The molecule has 8 heteroatoms. The molecule has 0 aliphatic rings. The molecular weight excluding hydrogens is 438 g/mol. The Kier molecular flexibility index (Phi) is 6.87. The molecule has 0 aliphatic carbocycles. The number of nitrogens with zero attached hydrogens (tertiary/aromatic N) is 1. The number of aryl methyl sites for hydroxylation is 1. The number of benzene rings is 3. The second kappa shape index (κ2) is 9.41. The highest BCUT2D eigenvalue weighted by atomic mass is 35.5. The van der Waals surface area contributed by atoms with Gasteiger partial charge in [0.05, 0.1) is 16.1 Å². The van der Waals surface area contributed by atoms with Gasteiger partial charge in [-0.15, -0.1) is 0 Å². The van der Waals surface area contributed by atoms with Crippen LogP contribution in [0.15, 0.2) is 71.6 Å². The van der Waals surface area contributed by atoms with Gasteiger partial charge in [-0.3, -0.25) is 4.31 Å². The summed E-state index contributed by atoms with van der Waals surface area (Å²) in [6, 6.07) is 18.1. The number of rotatable bonds is 8. The van der Waals surface area contributed by atoms with Crippen molar-refractivity contribution in [1.82, 2.24) is 0 Å². The van der Waals surface area contributed by atoms with Gasteiger partial charge in [-0.1, -0.05) is 29.8 Å². The molecule has 0 amide bonds. The Morgan fingerprint density at radius 3 is 2.26 bits per heavy atom. The van der Waals surface area contributed by atoms with E-state index in [0.717, 1.165) is 5.56 Å². The van der Waals surface area contributed by atoms with Gasteiger partial charge < -0.3 is 9.84 Å². The molecule has 162 valence electrons. The number of anilines is 1. The summed E-state index contributed by atoms with van der Waals surface area (Å²) in [5, 5.41) is 9.97. The average Bonchev–Trinajstić information content (AvgIpc) is 2.74. The number of carboxylic acid groups (broad SMARTS) is 1. The number of halogens is 1. The molecule has 3 aromatic rings. The highest BCUT2D eigenvalue weighted by Crippen LogP contribution is 2.27. The van der Waals surface area contributed by atoms with E-state index in [9.17, 15) is 18.3 Å². The summed E-state index contributed by atoms with van der Waals surface area (Å²) >= 11 is 5.88. The van der Waals surface area contributed by atoms with Gasteiger partial charge >= 0.3 is 5.97 Å². The van der Waals surface area contributed by atoms with Crippen molar-refractivity contribution < 1.29 is 23.1 Å². The molecule has 0 saturated heterocycles. The van der Waals surface area contributed by atoms with Gasteiger partial charge in [0.1, 0.15) is 12.4 Å². The minimum absolute atomic E-state index is 0.0388. The van der Waals surface area contributed by atoms with Crippen LogP contribution >= 0.6 is 11.6 Å². The van der Waals surface area contributed by atoms with Crippen molar-refractivity contribution in [3.05, 3.63) is 88.4 Å². The quantitative estimate of drug-likeness (QED) is 0.504. The molecule has 0 spiro atoms. The normalized spacial score (nSPS) is 11.2. The first-order chi connectivity index (χ1) is 14.7. The van der Waals surface area contributed by atoms with Crippen LogP contribution in [-0.2, 0) is 16.6 Å². The Morgan fingerprint density at radius 1 is 1.03 bits per heavy atom. The number of carboxylic acids is 1. The van der Waals surface area contributed by atoms with Crippen molar-refractivity contribution in [3.8, 4) is 5.75 Å². The van der Waals surface area contributed by atoms with E-state index in [4.69, 9.17) is 16.3 Å². The third kappa shape index (κ3) is 5.18. The Labute approximate surface area is 186 Å². The average molecular weight is 460 g/mol. The lowest BCUT2D eigenvalue weighted by molar-refractivity contribution is 0.0696. The van der Waals surface area contributed by atoms with Crippen molar-refractivity contribution in [2.45, 2.75) is 25.3 Å². The molecule has 0 atom stereocenters.